The van der Waals surface area contributed by atoms with E-state index in [2.05, 4.69) is 6.58 Å². The summed E-state index contributed by atoms with van der Waals surface area (Å²) in [5.74, 6) is -0.0148. The SMILES string of the molecule is C=C(OC(CO)C(OC(C)(C)C1OC(CO)C(OC)C(O)C1N)C(C)O)C(C)OC1C(CO)OC(O)C(N)C1O. The second-order valence-electron chi connectivity index (χ2n) is 10.8. The summed E-state index contributed by atoms with van der Waals surface area (Å²) in [5.41, 5.74) is 10.7. The Labute approximate surface area is 234 Å². The lowest BCUT2D eigenvalue weighted by molar-refractivity contribution is -0.270. The first-order valence-electron chi connectivity index (χ1n) is 13.2. The molecule has 40 heavy (non-hydrogen) atoms. The Hall–Kier alpha value is -1.02. The number of hydrogen-bond donors (Lipinski definition) is 9. The van der Waals surface area contributed by atoms with E-state index in [0.29, 0.717) is 0 Å². The van der Waals surface area contributed by atoms with E-state index in [1.807, 2.05) is 0 Å². The molecule has 0 bridgehead atoms. The first kappa shape index (κ1) is 35.2. The molecule has 2 fully saturated rings. The molecule has 0 saturated carbocycles. The fourth-order valence-corrected chi connectivity index (χ4v) is 5.02. The number of hydrogen-bond acceptors (Lipinski definition) is 15. The number of methoxy groups -OCH3 is 1. The quantitative estimate of drug-likeness (QED) is 0.0884. The third-order valence-corrected chi connectivity index (χ3v) is 7.41. The molecule has 14 atom stereocenters. The monoisotopic (exact) mass is 584 g/mol. The largest absolute Gasteiger partial charge is 0.487 e. The van der Waals surface area contributed by atoms with Gasteiger partial charge in [-0.15, -0.1) is 0 Å². The number of aliphatic hydroxyl groups is 7. The molecule has 15 nitrogen and oxygen atoms in total. The molecule has 2 saturated heterocycles. The molecule has 11 N–H and O–H groups in total. The molecule has 0 spiro atoms. The van der Waals surface area contributed by atoms with Crippen molar-refractivity contribution in [3.05, 3.63) is 12.3 Å². The van der Waals surface area contributed by atoms with Gasteiger partial charge in [-0.2, -0.15) is 0 Å². The predicted octanol–water partition coefficient (Wildman–Crippen LogP) is -3.94. The Morgan fingerprint density at radius 1 is 0.950 bits per heavy atom. The van der Waals surface area contributed by atoms with Crippen LogP contribution in [0.2, 0.25) is 0 Å². The van der Waals surface area contributed by atoms with Gasteiger partial charge in [0.05, 0.1) is 43.6 Å². The average molecular weight is 585 g/mol. The van der Waals surface area contributed by atoms with Crippen molar-refractivity contribution in [2.75, 3.05) is 26.9 Å². The van der Waals surface area contributed by atoms with Gasteiger partial charge in [-0.05, 0) is 27.7 Å². The van der Waals surface area contributed by atoms with Crippen LogP contribution in [0.4, 0.5) is 0 Å². The summed E-state index contributed by atoms with van der Waals surface area (Å²) in [6.45, 7) is 8.39. The normalized spacial score (nSPS) is 38.4. The lowest BCUT2D eigenvalue weighted by Gasteiger charge is -2.49. The third-order valence-electron chi connectivity index (χ3n) is 7.41. The predicted molar refractivity (Wildman–Crippen MR) is 139 cm³/mol. The summed E-state index contributed by atoms with van der Waals surface area (Å²) in [6, 6.07) is -2.17. The van der Waals surface area contributed by atoms with Gasteiger partial charge in [-0.1, -0.05) is 6.58 Å². The van der Waals surface area contributed by atoms with Crippen LogP contribution in [0.15, 0.2) is 12.3 Å². The molecule has 2 rings (SSSR count). The molecule has 14 unspecified atom stereocenters. The highest BCUT2D eigenvalue weighted by Crippen LogP contribution is 2.33. The van der Waals surface area contributed by atoms with Crippen LogP contribution in [0.3, 0.4) is 0 Å². The number of ether oxygens (including phenoxy) is 6. The fraction of sp³-hybridized carbons (Fsp3) is 0.920. The molecule has 0 aromatic carbocycles. The van der Waals surface area contributed by atoms with Crippen LogP contribution in [0.25, 0.3) is 0 Å². The van der Waals surface area contributed by atoms with Gasteiger partial charge in [0.2, 0.25) is 0 Å². The van der Waals surface area contributed by atoms with Gasteiger partial charge in [0, 0.05) is 7.11 Å². The molecule has 0 aliphatic carbocycles. The van der Waals surface area contributed by atoms with Crippen molar-refractivity contribution in [2.45, 2.75) is 119 Å². The van der Waals surface area contributed by atoms with Gasteiger partial charge in [0.15, 0.2) is 6.29 Å². The van der Waals surface area contributed by atoms with Crippen molar-refractivity contribution < 1.29 is 64.2 Å². The summed E-state index contributed by atoms with van der Waals surface area (Å²) in [5, 5.41) is 71.0. The summed E-state index contributed by atoms with van der Waals surface area (Å²) in [7, 11) is 1.36. The standard InChI is InChI=1S/C25H48N2O13/c1-10(31)20(40-25(4,5)23-16(26)18(32)21(35-6)14(8-29)38-23)13(7-28)36-11(2)12(3)37-22-15(9-30)39-24(34)17(27)19(22)33/h10,12-24,28-34H,2,7-9,26-27H2,1,3-6H3. The number of nitrogens with two attached hydrogens (primary N) is 2. The Morgan fingerprint density at radius 3 is 2.00 bits per heavy atom. The van der Waals surface area contributed by atoms with Crippen molar-refractivity contribution in [3.63, 3.8) is 0 Å². The van der Waals surface area contributed by atoms with Crippen molar-refractivity contribution in [3.8, 4) is 0 Å². The Balaban J connectivity index is 2.15. The van der Waals surface area contributed by atoms with Crippen LogP contribution in [0.5, 0.6) is 0 Å². The van der Waals surface area contributed by atoms with Gasteiger partial charge >= 0.3 is 0 Å². The van der Waals surface area contributed by atoms with Crippen LogP contribution >= 0.6 is 0 Å². The Bertz CT molecular complexity index is 786. The molecule has 236 valence electrons. The zero-order chi connectivity index (χ0) is 30.5. The lowest BCUT2D eigenvalue weighted by atomic mass is 9.85. The molecule has 0 amide bonds. The second kappa shape index (κ2) is 14.9. The van der Waals surface area contributed by atoms with Gasteiger partial charge in [-0.3, -0.25) is 0 Å². The van der Waals surface area contributed by atoms with E-state index >= 15 is 0 Å². The summed E-state index contributed by atoms with van der Waals surface area (Å²) in [4.78, 5) is 0. The minimum atomic E-state index is -1.50. The van der Waals surface area contributed by atoms with E-state index < -0.39 is 111 Å². The zero-order valence-corrected chi connectivity index (χ0v) is 23.6. The minimum Gasteiger partial charge on any atom is -0.487 e. The van der Waals surface area contributed by atoms with Crippen molar-refractivity contribution in [1.82, 2.24) is 0 Å². The molecular formula is C25H48N2O13. The Morgan fingerprint density at radius 2 is 1.50 bits per heavy atom. The highest BCUT2D eigenvalue weighted by Gasteiger charge is 2.51. The maximum atomic E-state index is 10.7. The van der Waals surface area contributed by atoms with Crippen LogP contribution in [0.1, 0.15) is 27.7 Å². The van der Waals surface area contributed by atoms with Crippen molar-refractivity contribution in [1.29, 1.82) is 0 Å². The van der Waals surface area contributed by atoms with Crippen LogP contribution in [-0.4, -0.2) is 154 Å². The third kappa shape index (κ3) is 7.87. The zero-order valence-electron chi connectivity index (χ0n) is 23.6. The molecule has 0 aromatic heterocycles. The smallest absolute Gasteiger partial charge is 0.173 e. The molecular weight excluding hydrogens is 536 g/mol. The molecule has 15 heteroatoms. The van der Waals surface area contributed by atoms with Crippen LogP contribution < -0.4 is 11.5 Å². The molecule has 2 heterocycles. The molecule has 2 aliphatic heterocycles. The van der Waals surface area contributed by atoms with Crippen LogP contribution in [0, 0.1) is 0 Å². The van der Waals surface area contributed by atoms with E-state index in [1.165, 1.54) is 21.0 Å². The van der Waals surface area contributed by atoms with E-state index in [-0.39, 0.29) is 5.76 Å². The van der Waals surface area contributed by atoms with Gasteiger partial charge in [-0.25, -0.2) is 0 Å². The van der Waals surface area contributed by atoms with E-state index in [0.717, 1.165) is 0 Å². The average Bonchev–Trinajstić information content (AvgIpc) is 2.91. The van der Waals surface area contributed by atoms with E-state index in [1.54, 1.807) is 13.8 Å². The van der Waals surface area contributed by atoms with Gasteiger partial charge < -0.3 is 75.6 Å². The lowest BCUT2D eigenvalue weighted by Crippen LogP contribution is -2.68. The van der Waals surface area contributed by atoms with E-state index in [4.69, 9.17) is 39.9 Å². The van der Waals surface area contributed by atoms with Gasteiger partial charge in [0.1, 0.15) is 66.8 Å². The highest BCUT2D eigenvalue weighted by molar-refractivity contribution is 5.03. The first-order valence-corrected chi connectivity index (χ1v) is 13.2. The summed E-state index contributed by atoms with van der Waals surface area (Å²) < 4.78 is 34.2. The highest BCUT2D eigenvalue weighted by atomic mass is 16.6. The van der Waals surface area contributed by atoms with Crippen LogP contribution in [-0.2, 0) is 28.4 Å². The van der Waals surface area contributed by atoms with Crippen molar-refractivity contribution in [2.24, 2.45) is 11.5 Å². The maximum Gasteiger partial charge on any atom is 0.173 e. The fourth-order valence-electron chi connectivity index (χ4n) is 5.02. The molecule has 2 aliphatic rings. The topological polar surface area (TPSA) is 249 Å². The maximum absolute atomic E-state index is 10.7. The van der Waals surface area contributed by atoms with Crippen molar-refractivity contribution >= 4 is 0 Å². The number of rotatable bonds is 14. The summed E-state index contributed by atoms with van der Waals surface area (Å²) in [6.07, 6.45) is -13.5. The Kier molecular flexibility index (Phi) is 13.1. The first-order chi connectivity index (χ1) is 18.6. The molecule has 0 aromatic rings. The molecule has 0 radical (unpaired) electrons. The second-order valence-corrected chi connectivity index (χ2v) is 10.8. The number of aliphatic hydroxyl groups excluding tert-OH is 7. The van der Waals surface area contributed by atoms with Gasteiger partial charge in [0.25, 0.3) is 0 Å². The van der Waals surface area contributed by atoms with E-state index in [9.17, 15) is 35.7 Å². The minimum absolute atomic E-state index is 0.0148. The summed E-state index contributed by atoms with van der Waals surface area (Å²) >= 11 is 0.